The van der Waals surface area contributed by atoms with Gasteiger partial charge in [0.15, 0.2) is 11.5 Å². The number of nitrogens with zero attached hydrogens (tertiary/aromatic N) is 3. The molecule has 3 aromatic heterocycles. The van der Waals surface area contributed by atoms with E-state index in [1.54, 1.807) is 61.4 Å². The van der Waals surface area contributed by atoms with Crippen molar-refractivity contribution in [1.82, 2.24) is 14.3 Å². The van der Waals surface area contributed by atoms with Gasteiger partial charge in [0, 0.05) is 29.3 Å². The van der Waals surface area contributed by atoms with E-state index in [2.05, 4.69) is 5.10 Å². The van der Waals surface area contributed by atoms with Crippen LogP contribution in [0.2, 0.25) is 0 Å². The second kappa shape index (κ2) is 8.95. The number of furan rings is 1. The molecule has 5 rings (SSSR count). The van der Waals surface area contributed by atoms with Crippen molar-refractivity contribution >= 4 is 10.8 Å². The molecule has 36 heavy (non-hydrogen) atoms. The van der Waals surface area contributed by atoms with E-state index in [-0.39, 0.29) is 16.9 Å². The molecule has 7 nitrogen and oxygen atoms in total. The van der Waals surface area contributed by atoms with Crippen molar-refractivity contribution in [3.05, 3.63) is 89.9 Å². The molecular weight excluding hydrogens is 473 g/mol. The number of hydrogen-bond acceptors (Lipinski definition) is 5. The number of hydrogen-bond donors (Lipinski definition) is 1. The normalized spacial score (nSPS) is 11.7. The van der Waals surface area contributed by atoms with Gasteiger partial charge in [-0.3, -0.25) is 5.41 Å². The first-order chi connectivity index (χ1) is 17.3. The Labute approximate surface area is 203 Å². The van der Waals surface area contributed by atoms with Gasteiger partial charge < -0.3 is 18.5 Å². The third-order valence-corrected chi connectivity index (χ3v) is 5.87. The molecule has 0 aliphatic carbocycles. The minimum Gasteiger partial charge on any atom is -0.497 e. The Morgan fingerprint density at radius 3 is 2.53 bits per heavy atom. The summed E-state index contributed by atoms with van der Waals surface area (Å²) in [4.78, 5) is 0. The molecule has 5 aromatic rings. The standard InChI is InChI=1S/C26H21F3N4O3/c1-34-19-8-6-17(23(13-19)35-2)15-32-10-9-16-5-7-18(12-20(16)25(32)30)33-21(22-4-3-11-36-22)14-24(31-33)26(27,28)29/h3-14,30H,15H2,1-2H3. The van der Waals surface area contributed by atoms with Crippen LogP contribution in [-0.4, -0.2) is 28.6 Å². The first-order valence-corrected chi connectivity index (χ1v) is 10.9. The van der Waals surface area contributed by atoms with Crippen molar-refractivity contribution in [3.63, 3.8) is 0 Å². The van der Waals surface area contributed by atoms with Crippen LogP contribution in [0.25, 0.3) is 27.9 Å². The summed E-state index contributed by atoms with van der Waals surface area (Å²) < 4.78 is 59.4. The van der Waals surface area contributed by atoms with Crippen molar-refractivity contribution in [2.45, 2.75) is 12.7 Å². The summed E-state index contributed by atoms with van der Waals surface area (Å²) in [6.45, 7) is 0.351. The van der Waals surface area contributed by atoms with Crippen LogP contribution in [0.5, 0.6) is 11.5 Å². The molecule has 1 N–H and O–H groups in total. The highest BCUT2D eigenvalue weighted by molar-refractivity contribution is 5.83. The van der Waals surface area contributed by atoms with Crippen LogP contribution in [0.15, 0.2) is 77.5 Å². The van der Waals surface area contributed by atoms with Crippen LogP contribution in [0.3, 0.4) is 0 Å². The van der Waals surface area contributed by atoms with E-state index in [1.807, 2.05) is 18.2 Å². The molecule has 0 aliphatic rings. The molecule has 0 radical (unpaired) electrons. The van der Waals surface area contributed by atoms with E-state index < -0.39 is 11.9 Å². The van der Waals surface area contributed by atoms with Gasteiger partial charge in [-0.15, -0.1) is 0 Å². The summed E-state index contributed by atoms with van der Waals surface area (Å²) in [7, 11) is 3.13. The zero-order valence-corrected chi connectivity index (χ0v) is 19.3. The molecule has 0 bridgehead atoms. The largest absolute Gasteiger partial charge is 0.497 e. The molecule has 0 atom stereocenters. The third kappa shape index (κ3) is 4.21. The van der Waals surface area contributed by atoms with Crippen LogP contribution >= 0.6 is 0 Å². The first kappa shape index (κ1) is 23.3. The second-order valence-electron chi connectivity index (χ2n) is 8.04. The van der Waals surface area contributed by atoms with Gasteiger partial charge in [-0.05, 0) is 47.9 Å². The van der Waals surface area contributed by atoms with Crippen LogP contribution in [0.4, 0.5) is 13.2 Å². The van der Waals surface area contributed by atoms with Gasteiger partial charge in [0.2, 0.25) is 0 Å². The molecule has 0 fully saturated rings. The quantitative estimate of drug-likeness (QED) is 0.331. The summed E-state index contributed by atoms with van der Waals surface area (Å²) in [5.41, 5.74) is 0.529. The zero-order valence-electron chi connectivity index (χ0n) is 19.3. The lowest BCUT2D eigenvalue weighted by atomic mass is 10.1. The third-order valence-electron chi connectivity index (χ3n) is 5.87. The van der Waals surface area contributed by atoms with Crippen molar-refractivity contribution in [3.8, 4) is 28.6 Å². The van der Waals surface area contributed by atoms with Crippen molar-refractivity contribution in [2.24, 2.45) is 0 Å². The van der Waals surface area contributed by atoms with Crippen LogP contribution in [-0.2, 0) is 12.7 Å². The summed E-state index contributed by atoms with van der Waals surface area (Å²) in [6.07, 6.45) is -1.44. The van der Waals surface area contributed by atoms with E-state index in [0.29, 0.717) is 29.1 Å². The predicted octanol–water partition coefficient (Wildman–Crippen LogP) is 5.65. The fourth-order valence-electron chi connectivity index (χ4n) is 4.04. The Hall–Kier alpha value is -4.47. The molecule has 10 heteroatoms. The maximum absolute atomic E-state index is 13.5. The lowest BCUT2D eigenvalue weighted by molar-refractivity contribution is -0.141. The predicted molar refractivity (Wildman–Crippen MR) is 126 cm³/mol. The molecule has 0 unspecified atom stereocenters. The van der Waals surface area contributed by atoms with Gasteiger partial charge in [0.05, 0.1) is 32.7 Å². The highest BCUT2D eigenvalue weighted by atomic mass is 19.4. The average Bonchev–Trinajstić information content (AvgIpc) is 3.56. The zero-order chi connectivity index (χ0) is 25.4. The highest BCUT2D eigenvalue weighted by Gasteiger charge is 2.35. The van der Waals surface area contributed by atoms with Gasteiger partial charge in [0.25, 0.3) is 0 Å². The van der Waals surface area contributed by atoms with Gasteiger partial charge in [-0.25, -0.2) is 4.68 Å². The molecule has 2 aromatic carbocycles. The van der Waals surface area contributed by atoms with Crippen LogP contribution < -0.4 is 15.0 Å². The Bertz CT molecular complexity index is 1600. The first-order valence-electron chi connectivity index (χ1n) is 10.9. The van der Waals surface area contributed by atoms with E-state index in [1.165, 1.54) is 10.9 Å². The molecule has 0 aliphatic heterocycles. The number of benzene rings is 2. The minimum absolute atomic E-state index is 0.157. The van der Waals surface area contributed by atoms with Gasteiger partial charge in [0.1, 0.15) is 22.7 Å². The smallest absolute Gasteiger partial charge is 0.435 e. The number of pyridine rings is 1. The number of methoxy groups -OCH3 is 2. The molecule has 184 valence electrons. The molecule has 3 heterocycles. The number of rotatable bonds is 6. The fourth-order valence-corrected chi connectivity index (χ4v) is 4.04. The molecule has 0 spiro atoms. The number of ether oxygens (including phenoxy) is 2. The number of halogens is 3. The lowest BCUT2D eigenvalue weighted by Crippen LogP contribution is -2.21. The topological polar surface area (TPSA) is 78.2 Å². The Balaban J connectivity index is 1.61. The SMILES string of the molecule is COc1ccc(Cn2ccc3ccc(-n4nc(C(F)(F)F)cc4-c4ccco4)cc3c2=N)c(OC)c1. The van der Waals surface area contributed by atoms with Crippen molar-refractivity contribution < 1.29 is 27.1 Å². The Morgan fingerprint density at radius 1 is 1.00 bits per heavy atom. The summed E-state index contributed by atoms with van der Waals surface area (Å²) in [5.74, 6) is 1.52. The number of aromatic nitrogens is 3. The maximum atomic E-state index is 13.5. The van der Waals surface area contributed by atoms with Gasteiger partial charge in [-0.1, -0.05) is 6.07 Å². The minimum atomic E-state index is -4.62. The Morgan fingerprint density at radius 2 is 1.83 bits per heavy atom. The summed E-state index contributed by atoms with van der Waals surface area (Å²) in [6, 6.07) is 16.5. The molecular formula is C26H21F3N4O3. The number of nitrogens with one attached hydrogen (secondary N) is 1. The van der Waals surface area contributed by atoms with E-state index in [9.17, 15) is 13.2 Å². The highest BCUT2D eigenvalue weighted by Crippen LogP contribution is 2.34. The monoisotopic (exact) mass is 494 g/mol. The molecule has 0 saturated carbocycles. The molecule has 0 amide bonds. The van der Waals surface area contributed by atoms with Crippen LogP contribution in [0, 0.1) is 5.41 Å². The lowest BCUT2D eigenvalue weighted by Gasteiger charge is -2.14. The van der Waals surface area contributed by atoms with E-state index in [0.717, 1.165) is 17.0 Å². The van der Waals surface area contributed by atoms with E-state index in [4.69, 9.17) is 19.3 Å². The second-order valence-corrected chi connectivity index (χ2v) is 8.04. The van der Waals surface area contributed by atoms with Crippen molar-refractivity contribution in [1.29, 1.82) is 5.41 Å². The van der Waals surface area contributed by atoms with Crippen LogP contribution in [0.1, 0.15) is 11.3 Å². The molecule has 0 saturated heterocycles. The average molecular weight is 494 g/mol. The number of fused-ring (bicyclic) bond motifs is 1. The van der Waals surface area contributed by atoms with Gasteiger partial charge >= 0.3 is 6.18 Å². The Kier molecular flexibility index (Phi) is 5.79. The van der Waals surface area contributed by atoms with Gasteiger partial charge in [-0.2, -0.15) is 18.3 Å². The van der Waals surface area contributed by atoms with E-state index >= 15 is 0 Å². The number of alkyl halides is 3. The summed E-state index contributed by atoms with van der Waals surface area (Å²) >= 11 is 0. The fraction of sp³-hybridized carbons (Fsp3) is 0.154. The van der Waals surface area contributed by atoms with Crippen molar-refractivity contribution in [2.75, 3.05) is 14.2 Å². The summed E-state index contributed by atoms with van der Waals surface area (Å²) in [5, 5.41) is 13.9. The maximum Gasteiger partial charge on any atom is 0.435 e.